The molecule has 0 aliphatic heterocycles. The summed E-state index contributed by atoms with van der Waals surface area (Å²) in [7, 11) is 0. The highest BCUT2D eigenvalue weighted by molar-refractivity contribution is 5.91. The molecule has 0 fully saturated rings. The number of hydrogen-bond donors (Lipinski definition) is 0. The van der Waals surface area contributed by atoms with Gasteiger partial charge in [0.1, 0.15) is 6.10 Å². The number of hydrogen-bond acceptors (Lipinski definition) is 2. The third-order valence-electron chi connectivity index (χ3n) is 4.04. The summed E-state index contributed by atoms with van der Waals surface area (Å²) in [6, 6.07) is 15.8. The van der Waals surface area contributed by atoms with Crippen LogP contribution >= 0.6 is 0 Å². The van der Waals surface area contributed by atoms with Crippen LogP contribution in [0.4, 0.5) is 0 Å². The molecule has 0 aromatic heterocycles. The summed E-state index contributed by atoms with van der Waals surface area (Å²) in [4.78, 5) is 12.7. The molecule has 0 amide bonds. The van der Waals surface area contributed by atoms with Crippen LogP contribution in [0.2, 0.25) is 0 Å². The van der Waals surface area contributed by atoms with E-state index in [1.165, 1.54) is 5.56 Å². The predicted octanol–water partition coefficient (Wildman–Crippen LogP) is 5.37. The van der Waals surface area contributed by atoms with Crippen LogP contribution in [-0.4, -0.2) is 5.97 Å². The van der Waals surface area contributed by atoms with Crippen molar-refractivity contribution in [2.75, 3.05) is 0 Å². The molecule has 0 heterocycles. The highest BCUT2D eigenvalue weighted by Crippen LogP contribution is 2.24. The van der Waals surface area contributed by atoms with Gasteiger partial charge in [0.2, 0.25) is 0 Å². The van der Waals surface area contributed by atoms with Crippen LogP contribution in [0.5, 0.6) is 0 Å². The summed E-state index contributed by atoms with van der Waals surface area (Å²) in [6.45, 7) is 8.39. The smallest absolute Gasteiger partial charge is 0.339 e. The Kier molecular flexibility index (Phi) is 5.97. The summed E-state index contributed by atoms with van der Waals surface area (Å²) in [5, 5.41) is 0. The van der Waals surface area contributed by atoms with Gasteiger partial charge in [0.05, 0.1) is 5.56 Å². The van der Waals surface area contributed by atoms with E-state index in [0.717, 1.165) is 24.0 Å². The largest absolute Gasteiger partial charge is 0.454 e. The van der Waals surface area contributed by atoms with E-state index in [-0.39, 0.29) is 12.1 Å². The van der Waals surface area contributed by atoms with E-state index in [4.69, 9.17) is 4.74 Å². The summed E-state index contributed by atoms with van der Waals surface area (Å²) >= 11 is 0. The van der Waals surface area contributed by atoms with Gasteiger partial charge in [0, 0.05) is 0 Å². The number of carbonyl (C=O) groups excluding carboxylic acids is 1. The van der Waals surface area contributed by atoms with Gasteiger partial charge in [-0.25, -0.2) is 4.79 Å². The van der Waals surface area contributed by atoms with E-state index in [1.807, 2.05) is 49.4 Å². The zero-order valence-electron chi connectivity index (χ0n) is 14.5. The van der Waals surface area contributed by atoms with Crippen molar-refractivity contribution in [2.24, 2.45) is 5.92 Å². The van der Waals surface area contributed by atoms with Gasteiger partial charge in [-0.3, -0.25) is 0 Å². The van der Waals surface area contributed by atoms with Crippen LogP contribution in [0.25, 0.3) is 0 Å². The standard InChI is InChI=1S/C21H26O2/c1-5-17-12-9-13-19(20(17)14-15(2)3)21(22)23-16(4)18-10-7-6-8-11-18/h6-13,15-16H,5,14H2,1-4H3. The van der Waals surface area contributed by atoms with E-state index in [1.54, 1.807) is 0 Å². The molecule has 2 aromatic rings. The minimum absolute atomic E-state index is 0.229. The first-order valence-electron chi connectivity index (χ1n) is 8.39. The molecule has 122 valence electrons. The molecule has 0 aliphatic rings. The van der Waals surface area contributed by atoms with Crippen molar-refractivity contribution in [3.63, 3.8) is 0 Å². The topological polar surface area (TPSA) is 26.3 Å². The molecule has 2 heteroatoms. The van der Waals surface area contributed by atoms with Gasteiger partial charge in [0.25, 0.3) is 0 Å². The van der Waals surface area contributed by atoms with Gasteiger partial charge in [-0.2, -0.15) is 0 Å². The lowest BCUT2D eigenvalue weighted by Gasteiger charge is -2.18. The van der Waals surface area contributed by atoms with Gasteiger partial charge >= 0.3 is 5.97 Å². The molecule has 0 bridgehead atoms. The van der Waals surface area contributed by atoms with Crippen molar-refractivity contribution in [3.8, 4) is 0 Å². The molecule has 2 nitrogen and oxygen atoms in total. The molecular formula is C21H26O2. The Morgan fingerprint density at radius 2 is 1.70 bits per heavy atom. The second-order valence-electron chi connectivity index (χ2n) is 6.35. The van der Waals surface area contributed by atoms with Crippen LogP contribution in [0.3, 0.4) is 0 Å². The highest BCUT2D eigenvalue weighted by Gasteiger charge is 2.19. The fourth-order valence-electron chi connectivity index (χ4n) is 2.82. The average molecular weight is 310 g/mol. The molecular weight excluding hydrogens is 284 g/mol. The zero-order chi connectivity index (χ0) is 16.8. The van der Waals surface area contributed by atoms with Crippen molar-refractivity contribution in [3.05, 3.63) is 70.8 Å². The maximum atomic E-state index is 12.7. The normalized spacial score (nSPS) is 12.2. The molecule has 0 saturated carbocycles. The first-order chi connectivity index (χ1) is 11.0. The van der Waals surface area contributed by atoms with E-state index < -0.39 is 0 Å². The Labute approximate surface area is 139 Å². The molecule has 1 unspecified atom stereocenters. The van der Waals surface area contributed by atoms with Crippen LogP contribution < -0.4 is 0 Å². The van der Waals surface area contributed by atoms with Crippen molar-refractivity contribution in [2.45, 2.75) is 46.6 Å². The van der Waals surface area contributed by atoms with E-state index in [9.17, 15) is 4.79 Å². The summed E-state index contributed by atoms with van der Waals surface area (Å²) in [5.74, 6) is 0.271. The summed E-state index contributed by atoms with van der Waals surface area (Å²) in [5.41, 5.74) is 4.09. The lowest BCUT2D eigenvalue weighted by atomic mass is 9.92. The molecule has 23 heavy (non-hydrogen) atoms. The van der Waals surface area contributed by atoms with Gasteiger partial charge in [-0.05, 0) is 48.4 Å². The third-order valence-corrected chi connectivity index (χ3v) is 4.04. The molecule has 0 saturated heterocycles. The minimum Gasteiger partial charge on any atom is -0.454 e. The molecule has 0 radical (unpaired) electrons. The molecule has 2 aromatic carbocycles. The van der Waals surface area contributed by atoms with Gasteiger partial charge in [-0.1, -0.05) is 63.2 Å². The average Bonchev–Trinajstić information content (AvgIpc) is 2.55. The van der Waals surface area contributed by atoms with Crippen LogP contribution in [0.15, 0.2) is 48.5 Å². The van der Waals surface area contributed by atoms with Gasteiger partial charge in [0.15, 0.2) is 0 Å². The number of aryl methyl sites for hydroxylation is 1. The first kappa shape index (κ1) is 17.3. The van der Waals surface area contributed by atoms with Gasteiger partial charge in [-0.15, -0.1) is 0 Å². The number of ether oxygens (including phenoxy) is 1. The van der Waals surface area contributed by atoms with Crippen LogP contribution in [0, 0.1) is 5.92 Å². The number of esters is 1. The highest BCUT2D eigenvalue weighted by atomic mass is 16.5. The van der Waals surface area contributed by atoms with Crippen LogP contribution in [-0.2, 0) is 17.6 Å². The summed E-state index contributed by atoms with van der Waals surface area (Å²) in [6.07, 6.45) is 1.58. The SMILES string of the molecule is CCc1cccc(C(=O)OC(C)c2ccccc2)c1CC(C)C. The van der Waals surface area contributed by atoms with Crippen molar-refractivity contribution in [1.29, 1.82) is 0 Å². The maximum Gasteiger partial charge on any atom is 0.339 e. The Bertz CT molecular complexity index is 644. The second-order valence-corrected chi connectivity index (χ2v) is 6.35. The number of benzene rings is 2. The number of rotatable bonds is 6. The molecule has 1 atom stereocenters. The van der Waals surface area contributed by atoms with E-state index >= 15 is 0 Å². The lowest BCUT2D eigenvalue weighted by molar-refractivity contribution is 0.0336. The molecule has 0 spiro atoms. The van der Waals surface area contributed by atoms with E-state index in [0.29, 0.717) is 11.5 Å². The Morgan fingerprint density at radius 1 is 1.00 bits per heavy atom. The molecule has 0 N–H and O–H groups in total. The van der Waals surface area contributed by atoms with E-state index in [2.05, 4.69) is 26.8 Å². The Hall–Kier alpha value is -2.09. The predicted molar refractivity (Wildman–Crippen MR) is 94.6 cm³/mol. The second kappa shape index (κ2) is 7.96. The third kappa shape index (κ3) is 4.44. The monoisotopic (exact) mass is 310 g/mol. The van der Waals surface area contributed by atoms with Crippen molar-refractivity contribution in [1.82, 2.24) is 0 Å². The van der Waals surface area contributed by atoms with Gasteiger partial charge < -0.3 is 4.74 Å². The summed E-state index contributed by atoms with van der Waals surface area (Å²) < 4.78 is 5.71. The van der Waals surface area contributed by atoms with Crippen LogP contribution in [0.1, 0.15) is 60.8 Å². The first-order valence-corrected chi connectivity index (χ1v) is 8.39. The molecule has 2 rings (SSSR count). The minimum atomic E-state index is -0.249. The fraction of sp³-hybridized carbons (Fsp3) is 0.381. The Morgan fingerprint density at radius 3 is 2.30 bits per heavy atom. The van der Waals surface area contributed by atoms with Crippen molar-refractivity contribution < 1.29 is 9.53 Å². The molecule has 0 aliphatic carbocycles. The Balaban J connectivity index is 2.25. The maximum absolute atomic E-state index is 12.7. The van der Waals surface area contributed by atoms with Crippen molar-refractivity contribution >= 4 is 5.97 Å². The quantitative estimate of drug-likeness (QED) is 0.671. The fourth-order valence-corrected chi connectivity index (χ4v) is 2.82. The number of carbonyl (C=O) groups is 1. The zero-order valence-corrected chi connectivity index (χ0v) is 14.5. The lowest BCUT2D eigenvalue weighted by Crippen LogP contribution is -2.14.